The van der Waals surface area contributed by atoms with E-state index in [1.54, 1.807) is 6.26 Å². The smallest absolute Gasteiger partial charge is 0.199 e. The molecule has 0 saturated heterocycles. The molecule has 0 bridgehead atoms. The Labute approximate surface area is 115 Å². The summed E-state index contributed by atoms with van der Waals surface area (Å²) in [5.41, 5.74) is 2.29. The maximum absolute atomic E-state index is 5.59. The highest BCUT2D eigenvalue weighted by Crippen LogP contribution is 2.22. The van der Waals surface area contributed by atoms with Crippen LogP contribution in [0.15, 0.2) is 48.0 Å². The lowest BCUT2D eigenvalue weighted by Crippen LogP contribution is -2.28. The van der Waals surface area contributed by atoms with Gasteiger partial charge in [0, 0.05) is 18.8 Å². The summed E-state index contributed by atoms with van der Waals surface area (Å²) in [7, 11) is 0. The minimum Gasteiger partial charge on any atom is -0.473 e. The number of hydrogen-bond acceptors (Lipinski definition) is 4. The van der Waals surface area contributed by atoms with E-state index < -0.39 is 0 Å². The van der Waals surface area contributed by atoms with Crippen molar-refractivity contribution in [1.29, 1.82) is 0 Å². The second-order valence-corrected chi connectivity index (χ2v) is 4.58. The average molecular weight is 262 g/mol. The van der Waals surface area contributed by atoms with Crippen molar-refractivity contribution in [3.8, 4) is 0 Å². The highest BCUT2D eigenvalue weighted by Gasteiger charge is 2.21. The molecule has 0 fully saturated rings. The summed E-state index contributed by atoms with van der Waals surface area (Å²) in [6, 6.07) is 0. The second kappa shape index (κ2) is 5.87. The summed E-state index contributed by atoms with van der Waals surface area (Å²) in [4.78, 5) is 4.33. The Morgan fingerprint density at radius 1 is 1.16 bits per heavy atom. The molecular weight excluding hydrogens is 240 g/mol. The van der Waals surface area contributed by atoms with Crippen LogP contribution < -0.4 is 0 Å². The topological polar surface area (TPSA) is 24.9 Å². The highest BCUT2D eigenvalue weighted by atomic mass is 16.5. The maximum atomic E-state index is 5.59. The maximum Gasteiger partial charge on any atom is 0.199 e. The van der Waals surface area contributed by atoms with E-state index in [1.807, 2.05) is 31.4 Å². The van der Waals surface area contributed by atoms with Crippen LogP contribution in [-0.4, -0.2) is 29.1 Å². The first-order chi connectivity index (χ1) is 9.17. The van der Waals surface area contributed by atoms with Crippen molar-refractivity contribution >= 4 is 0 Å². The van der Waals surface area contributed by atoms with Crippen molar-refractivity contribution in [3.05, 3.63) is 48.0 Å². The normalized spacial score (nSPS) is 24.8. The van der Waals surface area contributed by atoms with E-state index in [4.69, 9.17) is 9.47 Å². The third kappa shape index (κ3) is 2.78. The number of likely N-dealkylation sites (N-methyl/N-ethyl adjacent to an activating group) is 1. The zero-order chi connectivity index (χ0) is 13.8. The largest absolute Gasteiger partial charge is 0.473 e. The monoisotopic (exact) mass is 262 g/mol. The number of nitrogens with zero attached hydrogens (tertiary/aromatic N) is 2. The summed E-state index contributed by atoms with van der Waals surface area (Å²) < 4.78 is 11.1. The van der Waals surface area contributed by atoms with Crippen LogP contribution in [0, 0.1) is 0 Å². The second-order valence-electron chi connectivity index (χ2n) is 4.58. The fourth-order valence-corrected chi connectivity index (χ4v) is 2.30. The quantitative estimate of drug-likeness (QED) is 0.777. The Balaban J connectivity index is 1.97. The van der Waals surface area contributed by atoms with E-state index in [0.717, 1.165) is 30.4 Å². The van der Waals surface area contributed by atoms with Gasteiger partial charge >= 0.3 is 0 Å². The molecule has 0 aliphatic carbocycles. The summed E-state index contributed by atoms with van der Waals surface area (Å²) in [5.74, 6) is 0.863. The molecule has 0 radical (unpaired) electrons. The Morgan fingerprint density at radius 2 is 1.95 bits per heavy atom. The lowest BCUT2D eigenvalue weighted by Gasteiger charge is -2.22. The Morgan fingerprint density at radius 3 is 2.63 bits per heavy atom. The minimum absolute atomic E-state index is 0.00705. The third-order valence-corrected chi connectivity index (χ3v) is 3.35. The van der Waals surface area contributed by atoms with Gasteiger partial charge < -0.3 is 19.3 Å². The first-order valence-corrected chi connectivity index (χ1v) is 6.75. The van der Waals surface area contributed by atoms with Crippen LogP contribution in [0.1, 0.15) is 27.7 Å². The molecule has 1 unspecified atom stereocenters. The molecule has 0 amide bonds. The van der Waals surface area contributed by atoms with Crippen LogP contribution in [0.4, 0.5) is 0 Å². The molecule has 2 aliphatic heterocycles. The van der Waals surface area contributed by atoms with Gasteiger partial charge in [-0.25, -0.2) is 0 Å². The van der Waals surface area contributed by atoms with Crippen LogP contribution in [0.3, 0.4) is 0 Å². The van der Waals surface area contributed by atoms with Gasteiger partial charge in [-0.05, 0) is 39.8 Å². The molecule has 4 heteroatoms. The third-order valence-electron chi connectivity index (χ3n) is 3.35. The lowest BCUT2D eigenvalue weighted by atomic mass is 10.3. The van der Waals surface area contributed by atoms with Gasteiger partial charge in [0.15, 0.2) is 12.1 Å². The molecular formula is C15H22N2O2. The molecule has 2 rings (SSSR count). The summed E-state index contributed by atoms with van der Waals surface area (Å²) in [6.45, 7) is 10.2. The Hall–Kier alpha value is -1.84. The van der Waals surface area contributed by atoms with Gasteiger partial charge in [-0.1, -0.05) is 6.08 Å². The van der Waals surface area contributed by atoms with E-state index in [9.17, 15) is 0 Å². The molecule has 19 heavy (non-hydrogen) atoms. The average Bonchev–Trinajstić information content (AvgIpc) is 2.93. The Kier molecular flexibility index (Phi) is 4.20. The number of allylic oxidation sites excluding steroid dienone is 4. The Bertz CT molecular complexity index is 449. The zero-order valence-electron chi connectivity index (χ0n) is 12.1. The molecule has 0 N–H and O–H groups in total. The van der Waals surface area contributed by atoms with E-state index in [-0.39, 0.29) is 6.23 Å². The molecule has 0 aromatic carbocycles. The predicted octanol–water partition coefficient (Wildman–Crippen LogP) is 3.14. The molecule has 0 spiro atoms. The van der Waals surface area contributed by atoms with E-state index in [2.05, 4.69) is 30.6 Å². The SMILES string of the molecule is CCN1C(C)=COC1=CC=CC1OC=C(C)N1CC. The number of rotatable bonds is 4. The number of hydrogen-bond donors (Lipinski definition) is 0. The number of ether oxygens (including phenoxy) is 2. The predicted molar refractivity (Wildman–Crippen MR) is 75.5 cm³/mol. The van der Waals surface area contributed by atoms with Crippen molar-refractivity contribution in [2.24, 2.45) is 0 Å². The van der Waals surface area contributed by atoms with Crippen LogP contribution in [0.5, 0.6) is 0 Å². The van der Waals surface area contributed by atoms with Gasteiger partial charge in [-0.15, -0.1) is 0 Å². The molecule has 2 heterocycles. The molecule has 0 aromatic rings. The van der Waals surface area contributed by atoms with Gasteiger partial charge in [0.05, 0.1) is 5.70 Å². The van der Waals surface area contributed by atoms with Crippen LogP contribution in [0.2, 0.25) is 0 Å². The first kappa shape index (κ1) is 13.6. The van der Waals surface area contributed by atoms with Gasteiger partial charge in [0.1, 0.15) is 12.5 Å². The van der Waals surface area contributed by atoms with Gasteiger partial charge in [-0.2, -0.15) is 0 Å². The molecule has 4 nitrogen and oxygen atoms in total. The van der Waals surface area contributed by atoms with E-state index in [1.165, 1.54) is 0 Å². The van der Waals surface area contributed by atoms with Crippen molar-refractivity contribution in [2.75, 3.05) is 13.1 Å². The molecule has 0 aromatic heterocycles. The minimum atomic E-state index is -0.00705. The first-order valence-electron chi connectivity index (χ1n) is 6.75. The molecule has 2 aliphatic rings. The summed E-state index contributed by atoms with van der Waals surface area (Å²) in [5, 5.41) is 0. The van der Waals surface area contributed by atoms with Crippen molar-refractivity contribution in [2.45, 2.75) is 33.9 Å². The highest BCUT2D eigenvalue weighted by molar-refractivity contribution is 5.18. The van der Waals surface area contributed by atoms with E-state index in [0.29, 0.717) is 0 Å². The van der Waals surface area contributed by atoms with Crippen molar-refractivity contribution in [3.63, 3.8) is 0 Å². The van der Waals surface area contributed by atoms with Crippen molar-refractivity contribution < 1.29 is 9.47 Å². The summed E-state index contributed by atoms with van der Waals surface area (Å²) in [6.07, 6.45) is 9.58. The van der Waals surface area contributed by atoms with Gasteiger partial charge in [-0.3, -0.25) is 0 Å². The van der Waals surface area contributed by atoms with Gasteiger partial charge in [0.25, 0.3) is 0 Å². The van der Waals surface area contributed by atoms with Crippen LogP contribution >= 0.6 is 0 Å². The standard InChI is InChI=1S/C15H22N2O2/c1-5-16-12(3)10-18-14(16)8-7-9-15-17(6-2)13(4)11-19-15/h7-11,14H,5-6H2,1-4H3. The fourth-order valence-electron chi connectivity index (χ4n) is 2.30. The van der Waals surface area contributed by atoms with Crippen LogP contribution in [-0.2, 0) is 9.47 Å². The molecule has 104 valence electrons. The molecule has 1 atom stereocenters. The zero-order valence-corrected chi connectivity index (χ0v) is 12.1. The lowest BCUT2D eigenvalue weighted by molar-refractivity contribution is 0.0992. The fraction of sp³-hybridized carbons (Fsp3) is 0.467. The van der Waals surface area contributed by atoms with E-state index >= 15 is 0 Å². The summed E-state index contributed by atoms with van der Waals surface area (Å²) >= 11 is 0. The van der Waals surface area contributed by atoms with Gasteiger partial charge in [0.2, 0.25) is 0 Å². The van der Waals surface area contributed by atoms with Crippen molar-refractivity contribution in [1.82, 2.24) is 9.80 Å². The molecule has 0 saturated carbocycles. The van der Waals surface area contributed by atoms with Crippen LogP contribution in [0.25, 0.3) is 0 Å².